The Balaban J connectivity index is 1.94. The quantitative estimate of drug-likeness (QED) is 0.763. The summed E-state index contributed by atoms with van der Waals surface area (Å²) in [5, 5.41) is 0. The Morgan fingerprint density at radius 3 is 2.72 bits per heavy atom. The van der Waals surface area contributed by atoms with Crippen LogP contribution in [0.5, 0.6) is 0 Å². The van der Waals surface area contributed by atoms with E-state index in [2.05, 4.69) is 30.1 Å². The number of carbonyl (C=O) groups is 1. The van der Waals surface area contributed by atoms with E-state index >= 15 is 0 Å². The zero-order chi connectivity index (χ0) is 13.0. The van der Waals surface area contributed by atoms with Crippen molar-refractivity contribution in [2.75, 3.05) is 26.7 Å². The summed E-state index contributed by atoms with van der Waals surface area (Å²) >= 11 is 0. The number of amides is 1. The first-order valence-corrected chi connectivity index (χ1v) is 6.71. The molecule has 1 aliphatic heterocycles. The Morgan fingerprint density at radius 1 is 1.28 bits per heavy atom. The topological polar surface area (TPSA) is 23.6 Å². The molecule has 0 aromatic rings. The van der Waals surface area contributed by atoms with E-state index in [0.29, 0.717) is 6.54 Å². The monoisotopic (exact) mass is 246 g/mol. The molecule has 0 unspecified atom stereocenters. The predicted molar refractivity (Wildman–Crippen MR) is 74.0 cm³/mol. The fourth-order valence-electron chi connectivity index (χ4n) is 2.35. The molecule has 1 saturated heterocycles. The number of allylic oxidation sites excluding steroid dienone is 5. The van der Waals surface area contributed by atoms with Gasteiger partial charge in [-0.3, -0.25) is 9.69 Å². The fraction of sp³-hybridized carbons (Fsp3) is 0.533. The first-order valence-electron chi connectivity index (χ1n) is 6.71. The molecule has 0 aromatic carbocycles. The van der Waals surface area contributed by atoms with Crippen LogP contribution in [0.15, 0.2) is 35.6 Å². The molecule has 1 amide bonds. The Kier molecular flexibility index (Phi) is 4.37. The summed E-state index contributed by atoms with van der Waals surface area (Å²) in [4.78, 5) is 16.2. The van der Waals surface area contributed by atoms with Gasteiger partial charge in [0.2, 0.25) is 5.91 Å². The van der Waals surface area contributed by atoms with E-state index in [1.54, 1.807) is 4.90 Å². The average Bonchev–Trinajstić information content (AvgIpc) is 2.76. The first kappa shape index (κ1) is 13.1. The van der Waals surface area contributed by atoms with Gasteiger partial charge in [-0.15, -0.1) is 0 Å². The summed E-state index contributed by atoms with van der Waals surface area (Å²) in [5.41, 5.74) is 2.26. The minimum Gasteiger partial charge on any atom is -0.315 e. The van der Waals surface area contributed by atoms with Crippen molar-refractivity contribution in [2.45, 2.75) is 26.2 Å². The van der Waals surface area contributed by atoms with Gasteiger partial charge in [-0.25, -0.2) is 0 Å². The van der Waals surface area contributed by atoms with Gasteiger partial charge in [-0.1, -0.05) is 23.8 Å². The van der Waals surface area contributed by atoms with Gasteiger partial charge in [0.15, 0.2) is 0 Å². The van der Waals surface area contributed by atoms with Crippen LogP contribution in [0.2, 0.25) is 0 Å². The van der Waals surface area contributed by atoms with Crippen LogP contribution in [0.4, 0.5) is 0 Å². The third-order valence-electron chi connectivity index (χ3n) is 3.60. The summed E-state index contributed by atoms with van der Waals surface area (Å²) < 4.78 is 0. The smallest absolute Gasteiger partial charge is 0.240 e. The Hall–Kier alpha value is -1.35. The van der Waals surface area contributed by atoms with Gasteiger partial charge >= 0.3 is 0 Å². The summed E-state index contributed by atoms with van der Waals surface area (Å²) in [5.74, 6) is 0.187. The third kappa shape index (κ3) is 3.33. The van der Waals surface area contributed by atoms with Crippen molar-refractivity contribution in [1.29, 1.82) is 0 Å². The highest BCUT2D eigenvalue weighted by molar-refractivity contribution is 5.80. The molecule has 0 spiro atoms. The van der Waals surface area contributed by atoms with Gasteiger partial charge < -0.3 is 4.90 Å². The SMILES string of the molecule is CC1=CCC=C(N(C)C(=O)CN2CCCC2)C=C1. The molecule has 0 bridgehead atoms. The van der Waals surface area contributed by atoms with Crippen LogP contribution < -0.4 is 0 Å². The predicted octanol–water partition coefficient (Wildman–Crippen LogP) is 2.33. The van der Waals surface area contributed by atoms with Crippen LogP contribution in [0, 0.1) is 0 Å². The van der Waals surface area contributed by atoms with Crippen LogP contribution in [0.1, 0.15) is 26.2 Å². The highest BCUT2D eigenvalue weighted by Gasteiger charge is 2.18. The summed E-state index contributed by atoms with van der Waals surface area (Å²) in [6, 6.07) is 0. The molecule has 1 heterocycles. The fourth-order valence-corrected chi connectivity index (χ4v) is 2.35. The lowest BCUT2D eigenvalue weighted by atomic mass is 10.2. The lowest BCUT2D eigenvalue weighted by Gasteiger charge is -2.22. The molecule has 0 atom stereocenters. The number of nitrogens with zero attached hydrogens (tertiary/aromatic N) is 2. The van der Waals surface area contributed by atoms with Gasteiger partial charge in [-0.2, -0.15) is 0 Å². The maximum absolute atomic E-state index is 12.2. The molecule has 0 aromatic heterocycles. The van der Waals surface area contributed by atoms with Crippen LogP contribution in [0.25, 0.3) is 0 Å². The molecule has 0 N–H and O–H groups in total. The van der Waals surface area contributed by atoms with Crippen LogP contribution >= 0.6 is 0 Å². The lowest BCUT2D eigenvalue weighted by molar-refractivity contribution is -0.128. The van der Waals surface area contributed by atoms with E-state index in [0.717, 1.165) is 25.2 Å². The molecule has 3 heteroatoms. The van der Waals surface area contributed by atoms with Crippen molar-refractivity contribution in [1.82, 2.24) is 9.80 Å². The number of rotatable bonds is 3. The molecule has 1 fully saturated rings. The van der Waals surface area contributed by atoms with E-state index in [1.807, 2.05) is 13.1 Å². The first-order chi connectivity index (χ1) is 8.66. The molecule has 3 nitrogen and oxygen atoms in total. The summed E-state index contributed by atoms with van der Waals surface area (Å²) in [6.45, 7) is 4.76. The van der Waals surface area contributed by atoms with Crippen molar-refractivity contribution in [3.8, 4) is 0 Å². The highest BCUT2D eigenvalue weighted by Crippen LogP contribution is 2.14. The molecular formula is C15H22N2O. The Morgan fingerprint density at radius 2 is 2.00 bits per heavy atom. The second-order valence-electron chi connectivity index (χ2n) is 5.08. The largest absolute Gasteiger partial charge is 0.315 e. The third-order valence-corrected chi connectivity index (χ3v) is 3.60. The van der Waals surface area contributed by atoms with E-state index in [1.165, 1.54) is 18.4 Å². The maximum atomic E-state index is 12.2. The molecule has 0 saturated carbocycles. The molecule has 0 radical (unpaired) electrons. The zero-order valence-corrected chi connectivity index (χ0v) is 11.4. The van der Waals surface area contributed by atoms with Gasteiger partial charge in [0.05, 0.1) is 6.54 Å². The molecule has 2 aliphatic rings. The normalized spacial score (nSPS) is 20.3. The van der Waals surface area contributed by atoms with Crippen molar-refractivity contribution >= 4 is 5.91 Å². The lowest BCUT2D eigenvalue weighted by Crippen LogP contribution is -2.36. The van der Waals surface area contributed by atoms with Gasteiger partial charge in [0.25, 0.3) is 0 Å². The molecule has 98 valence electrons. The maximum Gasteiger partial charge on any atom is 0.240 e. The Bertz CT molecular complexity index is 401. The molecule has 18 heavy (non-hydrogen) atoms. The average molecular weight is 246 g/mol. The van der Waals surface area contributed by atoms with Crippen LogP contribution in [-0.4, -0.2) is 42.4 Å². The minimum absolute atomic E-state index is 0.187. The van der Waals surface area contributed by atoms with Gasteiger partial charge in [-0.05, 0) is 45.4 Å². The number of hydrogen-bond donors (Lipinski definition) is 0. The van der Waals surface area contributed by atoms with E-state index in [-0.39, 0.29) is 5.91 Å². The Labute approximate surface area is 109 Å². The van der Waals surface area contributed by atoms with Gasteiger partial charge in [0, 0.05) is 12.7 Å². The number of likely N-dealkylation sites (tertiary alicyclic amines) is 1. The van der Waals surface area contributed by atoms with Gasteiger partial charge in [0.1, 0.15) is 0 Å². The van der Waals surface area contributed by atoms with Crippen molar-refractivity contribution < 1.29 is 4.79 Å². The standard InChI is InChI=1S/C15H22N2O/c1-13-6-5-7-14(9-8-13)16(2)15(18)12-17-10-3-4-11-17/h6-9H,3-5,10-12H2,1-2H3. The number of likely N-dealkylation sites (N-methyl/N-ethyl adjacent to an activating group) is 1. The van der Waals surface area contributed by atoms with Crippen molar-refractivity contribution in [2.24, 2.45) is 0 Å². The summed E-state index contributed by atoms with van der Waals surface area (Å²) in [6.07, 6.45) is 11.7. The van der Waals surface area contributed by atoms with E-state index < -0.39 is 0 Å². The second-order valence-corrected chi connectivity index (χ2v) is 5.08. The van der Waals surface area contributed by atoms with Crippen molar-refractivity contribution in [3.63, 3.8) is 0 Å². The number of carbonyl (C=O) groups excluding carboxylic acids is 1. The zero-order valence-electron chi connectivity index (χ0n) is 11.4. The minimum atomic E-state index is 0.187. The van der Waals surface area contributed by atoms with E-state index in [9.17, 15) is 4.79 Å². The van der Waals surface area contributed by atoms with Crippen LogP contribution in [-0.2, 0) is 4.79 Å². The molecule has 1 aliphatic carbocycles. The molecule has 2 rings (SSSR count). The number of hydrogen-bond acceptors (Lipinski definition) is 2. The van der Waals surface area contributed by atoms with Crippen molar-refractivity contribution in [3.05, 3.63) is 35.6 Å². The van der Waals surface area contributed by atoms with E-state index in [4.69, 9.17) is 0 Å². The second kappa shape index (κ2) is 6.01. The van der Waals surface area contributed by atoms with Crippen LogP contribution in [0.3, 0.4) is 0 Å². The molecular weight excluding hydrogens is 224 g/mol. The summed E-state index contributed by atoms with van der Waals surface area (Å²) in [7, 11) is 1.87. The highest BCUT2D eigenvalue weighted by atomic mass is 16.2.